The molecule has 10 nitrogen and oxygen atoms in total. The van der Waals surface area contributed by atoms with Crippen molar-refractivity contribution in [1.82, 2.24) is 20.2 Å². The van der Waals surface area contributed by atoms with Crippen LogP contribution in [0.1, 0.15) is 66.1 Å². The third-order valence-corrected chi connectivity index (χ3v) is 11.2. The van der Waals surface area contributed by atoms with Gasteiger partial charge in [-0.15, -0.1) is 13.2 Å². The maximum atomic E-state index is 15.0. The number of carbonyl (C=O) groups is 1. The highest BCUT2D eigenvalue weighted by molar-refractivity contribution is 7.91. The Labute approximate surface area is 265 Å². The molecule has 4 aromatic rings. The number of thiazole rings is 1. The van der Waals surface area contributed by atoms with Crippen LogP contribution < -0.4 is 19.7 Å². The van der Waals surface area contributed by atoms with E-state index in [0.29, 0.717) is 53.8 Å². The monoisotopic (exact) mass is 679 g/mol. The number of fused-ring (bicyclic) bond motifs is 1. The lowest BCUT2D eigenvalue weighted by molar-refractivity contribution is -0.274. The number of anilines is 1. The molecule has 244 valence electrons. The molecule has 2 aliphatic carbocycles. The third kappa shape index (κ3) is 6.55. The zero-order valence-electron chi connectivity index (χ0n) is 24.3. The molecule has 1 amide bonds. The van der Waals surface area contributed by atoms with Crippen LogP contribution in [0.3, 0.4) is 0 Å². The Morgan fingerprint density at radius 1 is 1.09 bits per heavy atom. The minimum Gasteiger partial charge on any atom is -0.405 e. The smallest absolute Gasteiger partial charge is 0.405 e. The third-order valence-electron chi connectivity index (χ3n) is 8.37. The van der Waals surface area contributed by atoms with E-state index in [0.717, 1.165) is 37.3 Å². The molecule has 2 saturated carbocycles. The number of sulfonamides is 1. The second-order valence-electron chi connectivity index (χ2n) is 11.8. The van der Waals surface area contributed by atoms with E-state index in [2.05, 4.69) is 20.2 Å². The molecule has 0 unspecified atom stereocenters. The fraction of sp³-hybridized carbons (Fsp3) is 0.433. The number of hydrogen-bond acceptors (Lipinski definition) is 10. The molecule has 1 aliphatic heterocycles. The zero-order valence-corrected chi connectivity index (χ0v) is 25.9. The summed E-state index contributed by atoms with van der Waals surface area (Å²) in [6.07, 6.45) is -0.561. The van der Waals surface area contributed by atoms with Crippen molar-refractivity contribution in [3.8, 4) is 17.0 Å². The van der Waals surface area contributed by atoms with Gasteiger partial charge >= 0.3 is 6.36 Å². The van der Waals surface area contributed by atoms with Crippen LogP contribution in [-0.2, 0) is 16.6 Å². The molecule has 0 spiro atoms. The molecule has 1 saturated heterocycles. The van der Waals surface area contributed by atoms with Gasteiger partial charge in [-0.1, -0.05) is 28.6 Å². The van der Waals surface area contributed by atoms with Gasteiger partial charge in [-0.25, -0.2) is 22.5 Å². The second-order valence-corrected chi connectivity index (χ2v) is 14.8. The molecule has 0 atom stereocenters. The van der Waals surface area contributed by atoms with Gasteiger partial charge in [0.1, 0.15) is 22.7 Å². The molecule has 16 heteroatoms. The standard InChI is InChI=1S/C30H29F4N5O5S2/c31-22-13-17(28(40)38-46(41,42)19-7-8-19)14-24-26(22)36-29(45-24)39-11-9-18(10-12-39)35-15-21-25(37-44-27(21)16-5-6-16)20-3-1-2-4-23(20)43-30(32,33)34/h1-4,13-14,16,18-19,35H,5-12,15H2,(H,38,40). The number of alkyl halides is 3. The van der Waals surface area contributed by atoms with Crippen molar-refractivity contribution >= 4 is 42.6 Å². The summed E-state index contributed by atoms with van der Waals surface area (Å²) in [6, 6.07) is 8.42. The van der Waals surface area contributed by atoms with Crippen molar-refractivity contribution in [2.24, 2.45) is 0 Å². The van der Waals surface area contributed by atoms with Crippen molar-refractivity contribution in [1.29, 1.82) is 0 Å². The van der Waals surface area contributed by atoms with Crippen molar-refractivity contribution in [3.05, 3.63) is 59.1 Å². The number of nitrogens with one attached hydrogen (secondary N) is 2. The minimum absolute atomic E-state index is 0.0846. The highest BCUT2D eigenvalue weighted by atomic mass is 32.2. The maximum absolute atomic E-state index is 15.0. The van der Waals surface area contributed by atoms with Crippen LogP contribution in [0, 0.1) is 5.82 Å². The largest absolute Gasteiger partial charge is 0.573 e. The van der Waals surface area contributed by atoms with Gasteiger partial charge in [-0.2, -0.15) is 0 Å². The first-order chi connectivity index (χ1) is 21.9. The number of hydrogen-bond donors (Lipinski definition) is 2. The van der Waals surface area contributed by atoms with Gasteiger partial charge in [0.05, 0.1) is 9.95 Å². The van der Waals surface area contributed by atoms with E-state index >= 15 is 0 Å². The van der Waals surface area contributed by atoms with E-state index in [-0.39, 0.29) is 34.4 Å². The van der Waals surface area contributed by atoms with E-state index in [1.807, 2.05) is 9.62 Å². The van der Waals surface area contributed by atoms with E-state index < -0.39 is 33.4 Å². The summed E-state index contributed by atoms with van der Waals surface area (Å²) in [7, 11) is -3.77. The van der Waals surface area contributed by atoms with E-state index in [4.69, 9.17) is 4.52 Å². The Balaban J connectivity index is 1.02. The number of aromatic nitrogens is 2. The predicted molar refractivity (Wildman–Crippen MR) is 162 cm³/mol. The molecule has 7 rings (SSSR count). The Kier molecular flexibility index (Phi) is 7.92. The SMILES string of the molecule is O=C(NS(=O)(=O)C1CC1)c1cc(F)c2nc(N3CCC(NCc4c(-c5ccccc5OC(F)(F)F)noc4C4CC4)CC3)sc2c1. The van der Waals surface area contributed by atoms with Crippen molar-refractivity contribution in [2.45, 2.75) is 68.6 Å². The molecule has 2 aromatic heterocycles. The first kappa shape index (κ1) is 30.9. The second kappa shape index (κ2) is 11.8. The summed E-state index contributed by atoms with van der Waals surface area (Å²) in [4.78, 5) is 19.1. The van der Waals surface area contributed by atoms with Crippen LogP contribution >= 0.6 is 11.3 Å². The summed E-state index contributed by atoms with van der Waals surface area (Å²) >= 11 is 1.23. The number of piperidine rings is 1. The molecule has 0 bridgehead atoms. The van der Waals surface area contributed by atoms with Crippen LogP contribution in [0.2, 0.25) is 0 Å². The predicted octanol–water partition coefficient (Wildman–Crippen LogP) is 5.85. The number of ether oxygens (including phenoxy) is 1. The average Bonchev–Trinajstić information content (AvgIpc) is 3.95. The summed E-state index contributed by atoms with van der Waals surface area (Å²) in [5, 5.41) is 7.70. The average molecular weight is 680 g/mol. The lowest BCUT2D eigenvalue weighted by atomic mass is 10.0. The normalized spacial score (nSPS) is 17.9. The maximum Gasteiger partial charge on any atom is 0.573 e. The van der Waals surface area contributed by atoms with Gasteiger partial charge in [0.25, 0.3) is 5.91 Å². The lowest BCUT2D eigenvalue weighted by Gasteiger charge is -2.32. The molecule has 0 radical (unpaired) electrons. The summed E-state index contributed by atoms with van der Waals surface area (Å²) < 4.78 is 91.0. The number of halogens is 4. The molecule has 2 N–H and O–H groups in total. The number of rotatable bonds is 10. The Hall–Kier alpha value is -3.76. The van der Waals surface area contributed by atoms with Crippen molar-refractivity contribution < 1.29 is 40.0 Å². The van der Waals surface area contributed by atoms with Gasteiger partial charge in [-0.3, -0.25) is 4.79 Å². The topological polar surface area (TPSA) is 127 Å². The number of amides is 1. The molecule has 3 fully saturated rings. The van der Waals surface area contributed by atoms with Crippen molar-refractivity contribution in [3.63, 3.8) is 0 Å². The van der Waals surface area contributed by atoms with E-state index in [1.54, 1.807) is 6.07 Å². The molecule has 3 aliphatic rings. The first-order valence-corrected chi connectivity index (χ1v) is 17.3. The Morgan fingerprint density at radius 3 is 2.52 bits per heavy atom. The van der Waals surface area contributed by atoms with Gasteiger partial charge < -0.3 is 19.5 Å². The number of carbonyl (C=O) groups excluding carboxylic acids is 1. The summed E-state index contributed by atoms with van der Waals surface area (Å²) in [5.41, 5.74) is 1.27. The van der Waals surface area contributed by atoms with Gasteiger partial charge in [0.15, 0.2) is 10.9 Å². The first-order valence-electron chi connectivity index (χ1n) is 14.9. The van der Waals surface area contributed by atoms with Gasteiger partial charge in [0, 0.05) is 48.3 Å². The van der Waals surface area contributed by atoms with E-state index in [1.165, 1.54) is 35.6 Å². The number of nitrogens with zero attached hydrogens (tertiary/aromatic N) is 3. The van der Waals surface area contributed by atoms with Gasteiger partial charge in [-0.05, 0) is 62.8 Å². The fourth-order valence-corrected chi connectivity index (χ4v) is 8.03. The summed E-state index contributed by atoms with van der Waals surface area (Å²) in [6.45, 7) is 1.57. The van der Waals surface area contributed by atoms with Crippen LogP contribution in [0.4, 0.5) is 22.7 Å². The van der Waals surface area contributed by atoms with Crippen LogP contribution in [-0.4, -0.2) is 55.2 Å². The van der Waals surface area contributed by atoms with E-state index in [9.17, 15) is 30.8 Å². The molecule has 2 aromatic carbocycles. The molecule has 3 heterocycles. The Bertz CT molecular complexity index is 1890. The zero-order chi connectivity index (χ0) is 32.2. The lowest BCUT2D eigenvalue weighted by Crippen LogP contribution is -2.42. The van der Waals surface area contributed by atoms with Crippen LogP contribution in [0.5, 0.6) is 5.75 Å². The van der Waals surface area contributed by atoms with Gasteiger partial charge in [0.2, 0.25) is 10.0 Å². The minimum atomic E-state index is -4.85. The highest BCUT2D eigenvalue weighted by Gasteiger charge is 2.38. The Morgan fingerprint density at radius 2 is 1.83 bits per heavy atom. The number of benzene rings is 2. The molecular formula is C30H29F4N5O5S2. The fourth-order valence-electron chi connectivity index (χ4n) is 5.66. The van der Waals surface area contributed by atoms with Crippen LogP contribution in [0.15, 0.2) is 40.9 Å². The molecular weight excluding hydrogens is 650 g/mol. The highest BCUT2D eigenvalue weighted by Crippen LogP contribution is 2.45. The van der Waals surface area contributed by atoms with Crippen LogP contribution in [0.25, 0.3) is 21.5 Å². The number of para-hydroxylation sites is 1. The quantitative estimate of drug-likeness (QED) is 0.199. The molecule has 46 heavy (non-hydrogen) atoms. The summed E-state index contributed by atoms with van der Waals surface area (Å²) in [5.74, 6) is -1.06. The van der Waals surface area contributed by atoms with Crippen molar-refractivity contribution in [2.75, 3.05) is 18.0 Å².